The van der Waals surface area contributed by atoms with Crippen LogP contribution in [-0.4, -0.2) is 37.3 Å². The van der Waals surface area contributed by atoms with Crippen molar-refractivity contribution in [3.05, 3.63) is 63.9 Å². The third kappa shape index (κ3) is 5.35. The van der Waals surface area contributed by atoms with Crippen molar-refractivity contribution in [3.63, 3.8) is 0 Å². The number of nitrogens with one attached hydrogen (secondary N) is 3. The number of hydrogen-bond acceptors (Lipinski definition) is 4. The van der Waals surface area contributed by atoms with E-state index in [1.807, 2.05) is 12.1 Å². The van der Waals surface area contributed by atoms with E-state index in [0.29, 0.717) is 29.5 Å². The van der Waals surface area contributed by atoms with Crippen LogP contribution in [0.25, 0.3) is 0 Å². The molecule has 1 aliphatic heterocycles. The molecule has 1 heterocycles. The molecule has 2 aliphatic carbocycles. The summed E-state index contributed by atoms with van der Waals surface area (Å²) in [4.78, 5) is 12.5. The molecule has 1 saturated heterocycles. The third-order valence-electron chi connectivity index (χ3n) is 7.69. The van der Waals surface area contributed by atoms with Crippen LogP contribution in [-0.2, 0) is 4.79 Å². The molecule has 1 amide bonds. The van der Waals surface area contributed by atoms with Crippen LogP contribution in [0.1, 0.15) is 43.6 Å². The van der Waals surface area contributed by atoms with Crippen LogP contribution in [0.15, 0.2) is 42.5 Å². The van der Waals surface area contributed by atoms with Crippen molar-refractivity contribution < 1.29 is 13.9 Å². The maximum absolute atomic E-state index is 13.6. The minimum Gasteiger partial charge on any atom is -0.484 e. The Morgan fingerprint density at radius 1 is 1.03 bits per heavy atom. The molecule has 182 valence electrons. The fourth-order valence-electron chi connectivity index (χ4n) is 5.84. The van der Waals surface area contributed by atoms with Gasteiger partial charge < -0.3 is 15.4 Å². The van der Waals surface area contributed by atoms with Crippen molar-refractivity contribution in [3.8, 4) is 5.75 Å². The second kappa shape index (κ2) is 10.4. The van der Waals surface area contributed by atoms with Crippen LogP contribution >= 0.6 is 23.2 Å². The van der Waals surface area contributed by atoms with Gasteiger partial charge in [-0.15, -0.1) is 0 Å². The van der Waals surface area contributed by atoms with Gasteiger partial charge in [0.05, 0.1) is 11.2 Å². The molecule has 3 fully saturated rings. The van der Waals surface area contributed by atoms with Crippen molar-refractivity contribution in [2.75, 3.05) is 13.2 Å². The second-order valence-corrected chi connectivity index (χ2v) is 10.6. The molecule has 3 aliphatic rings. The molecule has 2 aromatic carbocycles. The Hall–Kier alpha value is -1.86. The molecule has 6 atom stereocenters. The monoisotopic (exact) mass is 505 g/mol. The number of halogens is 3. The first-order valence-electron chi connectivity index (χ1n) is 12.1. The highest BCUT2D eigenvalue weighted by Gasteiger charge is 2.49. The average Bonchev–Trinajstić information content (AvgIpc) is 3.02. The van der Waals surface area contributed by atoms with Gasteiger partial charge in [0.2, 0.25) is 0 Å². The van der Waals surface area contributed by atoms with E-state index in [2.05, 4.69) is 28.1 Å². The molecule has 5 unspecified atom stereocenters. The maximum Gasteiger partial charge on any atom is 0.258 e. The molecule has 2 aromatic rings. The summed E-state index contributed by atoms with van der Waals surface area (Å²) in [5.41, 5.74) is 1.34. The molecule has 5 rings (SSSR count). The van der Waals surface area contributed by atoms with Crippen LogP contribution in [0, 0.1) is 17.7 Å². The van der Waals surface area contributed by atoms with Crippen molar-refractivity contribution in [2.45, 2.75) is 56.3 Å². The smallest absolute Gasteiger partial charge is 0.258 e. The van der Waals surface area contributed by atoms with Gasteiger partial charge in [-0.05, 0) is 86.2 Å². The summed E-state index contributed by atoms with van der Waals surface area (Å²) in [6.07, 6.45) is 5.68. The minimum atomic E-state index is -0.559. The standard InChI is InChI=1S/C26H30Cl2FN3O2/c27-17-3-1-15(2-4-17)16-9-10-30-25(11-16)31-23-13-24(20-7-6-19(20)23)32-26(33)14-34-18-5-8-21(28)22(29)12-18/h1-5,8,12,16,19-20,23-25,30-31H,6-7,9-11,13-14H2,(H,32,33)/t16?,19?,20?,23-,24?,25?/m0/s1. The highest BCUT2D eigenvalue weighted by atomic mass is 35.5. The molecule has 8 heteroatoms. The van der Waals surface area contributed by atoms with Gasteiger partial charge in [0.25, 0.3) is 5.91 Å². The summed E-state index contributed by atoms with van der Waals surface area (Å²) in [6.45, 7) is 0.842. The van der Waals surface area contributed by atoms with Gasteiger partial charge in [-0.2, -0.15) is 0 Å². The van der Waals surface area contributed by atoms with Gasteiger partial charge in [0.1, 0.15) is 11.6 Å². The van der Waals surface area contributed by atoms with Crippen molar-refractivity contribution in [1.29, 1.82) is 0 Å². The Morgan fingerprint density at radius 3 is 2.53 bits per heavy atom. The quantitative estimate of drug-likeness (QED) is 0.501. The highest BCUT2D eigenvalue weighted by Crippen LogP contribution is 2.47. The number of carbonyl (C=O) groups is 1. The summed E-state index contributed by atoms with van der Waals surface area (Å²) >= 11 is 11.8. The van der Waals surface area contributed by atoms with Crippen molar-refractivity contribution >= 4 is 29.1 Å². The first kappa shape index (κ1) is 23.9. The number of hydrogen-bond donors (Lipinski definition) is 3. The van der Waals surface area contributed by atoms with E-state index in [1.165, 1.54) is 24.1 Å². The predicted octanol–water partition coefficient (Wildman–Crippen LogP) is 4.88. The zero-order chi connectivity index (χ0) is 23.7. The molecular formula is C26H30Cl2FN3O2. The Balaban J connectivity index is 1.12. The number of ether oxygens (including phenoxy) is 1. The summed E-state index contributed by atoms with van der Waals surface area (Å²) in [7, 11) is 0. The SMILES string of the molecule is O=C(COc1ccc(Cl)c(F)c1)NC1C[C@H](NC2CC(c3ccc(Cl)cc3)CCN2)C2CCC12. The lowest BCUT2D eigenvalue weighted by Crippen LogP contribution is -2.53. The number of piperidine rings is 1. The molecule has 0 aromatic heterocycles. The molecule has 2 saturated carbocycles. The average molecular weight is 506 g/mol. The Bertz CT molecular complexity index is 1020. The summed E-state index contributed by atoms with van der Waals surface area (Å²) in [6, 6.07) is 12.9. The maximum atomic E-state index is 13.6. The molecule has 0 radical (unpaired) electrons. The number of rotatable bonds is 7. The van der Waals surface area contributed by atoms with Crippen molar-refractivity contribution in [2.24, 2.45) is 11.8 Å². The summed E-state index contributed by atoms with van der Waals surface area (Å²) in [5, 5.41) is 11.5. The minimum absolute atomic E-state index is 0.0317. The van der Waals surface area contributed by atoms with Gasteiger partial charge in [-0.3, -0.25) is 10.1 Å². The predicted molar refractivity (Wildman–Crippen MR) is 132 cm³/mol. The van der Waals surface area contributed by atoms with Gasteiger partial charge in [-0.1, -0.05) is 35.3 Å². The van der Waals surface area contributed by atoms with E-state index < -0.39 is 5.82 Å². The van der Waals surface area contributed by atoms with E-state index in [-0.39, 0.29) is 29.7 Å². The molecule has 34 heavy (non-hydrogen) atoms. The topological polar surface area (TPSA) is 62.4 Å². The van der Waals surface area contributed by atoms with Crippen LogP contribution in [0.2, 0.25) is 10.0 Å². The number of carbonyl (C=O) groups excluding carboxylic acids is 1. The van der Waals surface area contributed by atoms with E-state index >= 15 is 0 Å². The Labute approximate surface area is 209 Å². The van der Waals surface area contributed by atoms with Gasteiger partial charge in [0.15, 0.2) is 6.61 Å². The lowest BCUT2D eigenvalue weighted by Gasteiger charge is -2.39. The van der Waals surface area contributed by atoms with E-state index in [1.54, 1.807) is 6.07 Å². The molecule has 3 N–H and O–H groups in total. The summed E-state index contributed by atoms with van der Waals surface area (Å²) < 4.78 is 19.0. The Morgan fingerprint density at radius 2 is 1.79 bits per heavy atom. The largest absolute Gasteiger partial charge is 0.484 e. The Kier molecular flexibility index (Phi) is 7.30. The first-order chi connectivity index (χ1) is 16.5. The molecular weight excluding hydrogens is 476 g/mol. The zero-order valence-electron chi connectivity index (χ0n) is 18.9. The van der Waals surface area contributed by atoms with Gasteiger partial charge >= 0.3 is 0 Å². The van der Waals surface area contributed by atoms with E-state index in [4.69, 9.17) is 27.9 Å². The fraction of sp³-hybridized carbons (Fsp3) is 0.500. The highest BCUT2D eigenvalue weighted by molar-refractivity contribution is 6.30. The number of fused-ring (bicyclic) bond motifs is 1. The van der Waals surface area contributed by atoms with Crippen LogP contribution < -0.4 is 20.7 Å². The van der Waals surface area contributed by atoms with Gasteiger partial charge in [0, 0.05) is 23.2 Å². The van der Waals surface area contributed by atoms with Crippen LogP contribution in [0.4, 0.5) is 4.39 Å². The molecule has 0 spiro atoms. The fourth-order valence-corrected chi connectivity index (χ4v) is 6.08. The van der Waals surface area contributed by atoms with Crippen LogP contribution in [0.5, 0.6) is 5.75 Å². The summed E-state index contributed by atoms with van der Waals surface area (Å²) in [5.74, 6) is 1.17. The van der Waals surface area contributed by atoms with E-state index in [9.17, 15) is 9.18 Å². The molecule has 5 nitrogen and oxygen atoms in total. The van der Waals surface area contributed by atoms with Crippen molar-refractivity contribution in [1.82, 2.24) is 16.0 Å². The number of benzene rings is 2. The lowest BCUT2D eigenvalue weighted by atomic mass is 9.73. The molecule has 0 bridgehead atoms. The lowest BCUT2D eigenvalue weighted by molar-refractivity contribution is -0.124. The van der Waals surface area contributed by atoms with E-state index in [0.717, 1.165) is 37.3 Å². The second-order valence-electron chi connectivity index (χ2n) is 9.73. The van der Waals surface area contributed by atoms with Gasteiger partial charge in [-0.25, -0.2) is 4.39 Å². The normalized spacial score (nSPS) is 30.3. The number of amides is 1. The first-order valence-corrected chi connectivity index (χ1v) is 12.8. The zero-order valence-corrected chi connectivity index (χ0v) is 20.4. The third-order valence-corrected chi connectivity index (χ3v) is 8.25. The van der Waals surface area contributed by atoms with Crippen LogP contribution in [0.3, 0.4) is 0 Å².